The van der Waals surface area contributed by atoms with Gasteiger partial charge in [0.05, 0.1) is 31.9 Å². The zero-order valence-electron chi connectivity index (χ0n) is 22.5. The third-order valence-corrected chi connectivity index (χ3v) is 6.66. The summed E-state index contributed by atoms with van der Waals surface area (Å²) in [5.74, 6) is 7.21. The standard InChI is InChI=1S/C30H29N5O5/c1-4-40-29(37)23-16-35(21-8-9-21)24-13-17(6-10-22(24)26(23)36)5-7-19-11-18(14-25(38-2)27(19)39-3)12-20-15-33-30(32)34-28(20)31/h6,10-11,13-16,21H,4,8-9,12H2,1-3H3,(H4,31,32,33,34). The van der Waals surface area contributed by atoms with Crippen molar-refractivity contribution in [3.8, 4) is 23.3 Å². The molecule has 0 spiro atoms. The summed E-state index contributed by atoms with van der Waals surface area (Å²) in [6.07, 6.45) is 5.60. The summed E-state index contributed by atoms with van der Waals surface area (Å²) in [5, 5.41) is 0.451. The third-order valence-electron chi connectivity index (χ3n) is 6.66. The summed E-state index contributed by atoms with van der Waals surface area (Å²) in [6, 6.07) is 9.33. The molecule has 10 heteroatoms. The molecule has 5 rings (SSSR count). The molecule has 0 atom stereocenters. The number of hydrogen-bond acceptors (Lipinski definition) is 9. The molecule has 1 aliphatic rings. The van der Waals surface area contributed by atoms with Crippen LogP contribution < -0.4 is 26.4 Å². The van der Waals surface area contributed by atoms with Crippen LogP contribution in [0, 0.1) is 11.8 Å². The van der Waals surface area contributed by atoms with Crippen LogP contribution in [-0.4, -0.2) is 41.3 Å². The number of ether oxygens (including phenoxy) is 3. The molecule has 0 saturated heterocycles. The molecule has 2 aromatic carbocycles. The van der Waals surface area contributed by atoms with Crippen molar-refractivity contribution in [2.45, 2.75) is 32.2 Å². The molecular weight excluding hydrogens is 510 g/mol. The maximum absolute atomic E-state index is 13.1. The number of nitrogens with zero attached hydrogens (tertiary/aromatic N) is 3. The van der Waals surface area contributed by atoms with Gasteiger partial charge >= 0.3 is 5.97 Å². The van der Waals surface area contributed by atoms with Gasteiger partial charge in [-0.05, 0) is 55.7 Å². The number of esters is 1. The van der Waals surface area contributed by atoms with E-state index in [1.807, 2.05) is 22.8 Å². The number of pyridine rings is 1. The summed E-state index contributed by atoms with van der Waals surface area (Å²) in [5.41, 5.74) is 15.0. The maximum atomic E-state index is 13.1. The topological polar surface area (TPSA) is 145 Å². The lowest BCUT2D eigenvalue weighted by molar-refractivity contribution is 0.0524. The Morgan fingerprint density at radius 3 is 2.60 bits per heavy atom. The van der Waals surface area contributed by atoms with Crippen LogP contribution in [0.2, 0.25) is 0 Å². The number of aromatic nitrogens is 3. The van der Waals surface area contributed by atoms with E-state index in [0.29, 0.717) is 40.3 Å². The van der Waals surface area contributed by atoms with Gasteiger partial charge in [-0.15, -0.1) is 0 Å². The molecule has 0 radical (unpaired) electrons. The summed E-state index contributed by atoms with van der Waals surface area (Å²) in [4.78, 5) is 33.6. The maximum Gasteiger partial charge on any atom is 0.343 e. The molecule has 4 aromatic rings. The Morgan fingerprint density at radius 1 is 1.12 bits per heavy atom. The first-order valence-electron chi connectivity index (χ1n) is 12.8. The summed E-state index contributed by atoms with van der Waals surface area (Å²) < 4.78 is 18.3. The fourth-order valence-corrected chi connectivity index (χ4v) is 4.58. The van der Waals surface area contributed by atoms with Gasteiger partial charge in [0.2, 0.25) is 11.4 Å². The Bertz CT molecular complexity index is 1750. The molecule has 2 heterocycles. The quantitative estimate of drug-likeness (QED) is 0.266. The van der Waals surface area contributed by atoms with Gasteiger partial charge in [-0.2, -0.15) is 4.98 Å². The first kappa shape index (κ1) is 26.6. The van der Waals surface area contributed by atoms with Crippen molar-refractivity contribution in [2.24, 2.45) is 0 Å². The molecule has 2 aromatic heterocycles. The number of rotatable bonds is 7. The number of carbonyl (C=O) groups is 1. The van der Waals surface area contributed by atoms with Crippen LogP contribution in [0.15, 0.2) is 47.5 Å². The molecule has 10 nitrogen and oxygen atoms in total. The lowest BCUT2D eigenvalue weighted by Gasteiger charge is -2.13. The van der Waals surface area contributed by atoms with Gasteiger partial charge in [0.25, 0.3) is 0 Å². The molecule has 4 N–H and O–H groups in total. The fraction of sp³-hybridized carbons (Fsp3) is 0.267. The first-order chi connectivity index (χ1) is 19.3. The third kappa shape index (κ3) is 5.27. The van der Waals surface area contributed by atoms with Crippen LogP contribution in [0.5, 0.6) is 11.5 Å². The zero-order valence-corrected chi connectivity index (χ0v) is 22.5. The Labute approximate surface area is 230 Å². The average molecular weight is 540 g/mol. The Morgan fingerprint density at radius 2 is 1.93 bits per heavy atom. The van der Waals surface area contributed by atoms with E-state index in [4.69, 9.17) is 25.7 Å². The second-order valence-corrected chi connectivity index (χ2v) is 9.41. The summed E-state index contributed by atoms with van der Waals surface area (Å²) in [7, 11) is 3.12. The highest BCUT2D eigenvalue weighted by atomic mass is 16.5. The zero-order chi connectivity index (χ0) is 28.4. The highest BCUT2D eigenvalue weighted by Gasteiger charge is 2.27. The molecular formula is C30H29N5O5. The molecule has 0 unspecified atom stereocenters. The largest absolute Gasteiger partial charge is 0.493 e. The first-order valence-corrected chi connectivity index (χ1v) is 12.8. The van der Waals surface area contributed by atoms with E-state index < -0.39 is 5.97 Å². The number of carbonyl (C=O) groups excluding carboxylic acids is 1. The van der Waals surface area contributed by atoms with Gasteiger partial charge < -0.3 is 30.2 Å². The number of anilines is 2. The Kier molecular flexibility index (Phi) is 7.29. The molecule has 1 aliphatic carbocycles. The van der Waals surface area contributed by atoms with Crippen LogP contribution in [0.1, 0.15) is 58.4 Å². The van der Waals surface area contributed by atoms with Crippen molar-refractivity contribution in [1.82, 2.24) is 14.5 Å². The number of fused-ring (bicyclic) bond motifs is 1. The normalized spacial score (nSPS) is 12.5. The summed E-state index contributed by atoms with van der Waals surface area (Å²) >= 11 is 0. The van der Waals surface area contributed by atoms with Gasteiger partial charge in [0.1, 0.15) is 11.4 Å². The number of nitrogens with two attached hydrogens (primary N) is 2. The SMILES string of the molecule is CCOC(=O)c1cn(C2CC2)c2cc(C#Cc3cc(Cc4cnc(N)nc4N)cc(OC)c3OC)ccc2c1=O. The lowest BCUT2D eigenvalue weighted by atomic mass is 10.0. The highest BCUT2D eigenvalue weighted by Crippen LogP contribution is 2.37. The number of nitrogen functional groups attached to an aromatic ring is 2. The van der Waals surface area contributed by atoms with E-state index >= 15 is 0 Å². The second-order valence-electron chi connectivity index (χ2n) is 9.41. The minimum atomic E-state index is -0.610. The van der Waals surface area contributed by atoms with Gasteiger partial charge in [-0.1, -0.05) is 11.8 Å². The van der Waals surface area contributed by atoms with E-state index in [2.05, 4.69) is 21.8 Å². The Balaban J connectivity index is 1.56. The van der Waals surface area contributed by atoms with Crippen LogP contribution in [0.4, 0.5) is 11.8 Å². The molecule has 0 amide bonds. The summed E-state index contributed by atoms with van der Waals surface area (Å²) in [6.45, 7) is 1.91. The average Bonchev–Trinajstić information content (AvgIpc) is 3.79. The van der Waals surface area contributed by atoms with Crippen LogP contribution in [0.3, 0.4) is 0 Å². The minimum absolute atomic E-state index is 0.0425. The van der Waals surface area contributed by atoms with Crippen LogP contribution >= 0.6 is 0 Å². The van der Waals surface area contributed by atoms with E-state index in [-0.39, 0.29) is 29.6 Å². The van der Waals surface area contributed by atoms with E-state index in [9.17, 15) is 9.59 Å². The molecule has 1 fully saturated rings. The smallest absolute Gasteiger partial charge is 0.343 e. The van der Waals surface area contributed by atoms with Crippen molar-refractivity contribution >= 4 is 28.6 Å². The van der Waals surface area contributed by atoms with Crippen LogP contribution in [-0.2, 0) is 11.2 Å². The van der Waals surface area contributed by atoms with Gasteiger partial charge in [-0.25, -0.2) is 9.78 Å². The van der Waals surface area contributed by atoms with Crippen LogP contribution in [0.25, 0.3) is 10.9 Å². The highest BCUT2D eigenvalue weighted by molar-refractivity contribution is 5.94. The monoisotopic (exact) mass is 539 g/mol. The molecule has 204 valence electrons. The minimum Gasteiger partial charge on any atom is -0.493 e. The predicted octanol–water partition coefficient (Wildman–Crippen LogP) is 3.48. The van der Waals surface area contributed by atoms with E-state index in [1.165, 1.54) is 0 Å². The number of methoxy groups -OCH3 is 2. The molecule has 0 bridgehead atoms. The van der Waals surface area contributed by atoms with Gasteiger partial charge in [0, 0.05) is 41.4 Å². The van der Waals surface area contributed by atoms with Crippen molar-refractivity contribution in [1.29, 1.82) is 0 Å². The van der Waals surface area contributed by atoms with Crippen molar-refractivity contribution in [3.63, 3.8) is 0 Å². The second kappa shape index (κ2) is 11.0. The van der Waals surface area contributed by atoms with E-state index in [0.717, 1.165) is 29.5 Å². The van der Waals surface area contributed by atoms with Crippen molar-refractivity contribution in [2.75, 3.05) is 32.3 Å². The number of hydrogen-bond donors (Lipinski definition) is 2. The van der Waals surface area contributed by atoms with Gasteiger partial charge in [0.15, 0.2) is 11.5 Å². The van der Waals surface area contributed by atoms with Crippen molar-refractivity contribution < 1.29 is 19.0 Å². The van der Waals surface area contributed by atoms with Crippen molar-refractivity contribution in [3.05, 3.63) is 80.8 Å². The fourth-order valence-electron chi connectivity index (χ4n) is 4.58. The Hall–Kier alpha value is -5.04. The van der Waals surface area contributed by atoms with E-state index in [1.54, 1.807) is 45.7 Å². The molecule has 1 saturated carbocycles. The number of benzene rings is 2. The lowest BCUT2D eigenvalue weighted by Crippen LogP contribution is -2.20. The molecule has 40 heavy (non-hydrogen) atoms. The molecule has 0 aliphatic heterocycles. The predicted molar refractivity (Wildman–Crippen MR) is 152 cm³/mol. The van der Waals surface area contributed by atoms with Gasteiger partial charge in [-0.3, -0.25) is 4.79 Å².